The normalized spacial score (nSPS) is 11.8. The van der Waals surface area contributed by atoms with Crippen molar-refractivity contribution in [3.8, 4) is 5.75 Å². The first-order valence-electron chi connectivity index (χ1n) is 5.36. The number of ether oxygens (including phenoxy) is 1. The highest BCUT2D eigenvalue weighted by atomic mass is 16.5. The minimum absolute atomic E-state index is 0.302. The van der Waals surface area contributed by atoms with Gasteiger partial charge < -0.3 is 20.3 Å². The molecule has 0 fully saturated rings. The highest BCUT2D eigenvalue weighted by Crippen LogP contribution is 2.14. The van der Waals surface area contributed by atoms with Crippen molar-refractivity contribution in [2.45, 2.75) is 12.5 Å². The third kappa shape index (κ3) is 4.42. The Hall–Kier alpha value is -2.08. The fourth-order valence-corrected chi connectivity index (χ4v) is 1.46. The maximum absolute atomic E-state index is 10.9. The molecule has 6 heteroatoms. The van der Waals surface area contributed by atoms with Crippen molar-refractivity contribution in [3.05, 3.63) is 29.8 Å². The lowest BCUT2D eigenvalue weighted by atomic mass is 10.1. The molecule has 1 atom stereocenters. The van der Waals surface area contributed by atoms with Gasteiger partial charge in [-0.1, -0.05) is 12.1 Å². The maximum atomic E-state index is 10.9. The van der Waals surface area contributed by atoms with Crippen molar-refractivity contribution in [2.75, 3.05) is 13.7 Å². The Labute approximate surface area is 104 Å². The van der Waals surface area contributed by atoms with E-state index >= 15 is 0 Å². The van der Waals surface area contributed by atoms with Gasteiger partial charge in [0, 0.05) is 0 Å². The predicted molar refractivity (Wildman–Crippen MR) is 63.8 cm³/mol. The highest BCUT2D eigenvalue weighted by molar-refractivity contribution is 5.73. The van der Waals surface area contributed by atoms with Crippen LogP contribution < -0.4 is 10.1 Å². The zero-order valence-corrected chi connectivity index (χ0v) is 9.92. The summed E-state index contributed by atoms with van der Waals surface area (Å²) in [7, 11) is 1.57. The van der Waals surface area contributed by atoms with Crippen molar-refractivity contribution in [1.82, 2.24) is 5.32 Å². The zero-order valence-electron chi connectivity index (χ0n) is 9.92. The van der Waals surface area contributed by atoms with Gasteiger partial charge in [-0.15, -0.1) is 0 Å². The Balaban J connectivity index is 2.69. The fourth-order valence-electron chi connectivity index (χ4n) is 1.46. The summed E-state index contributed by atoms with van der Waals surface area (Å²) in [6.07, 6.45) is 0.302. The summed E-state index contributed by atoms with van der Waals surface area (Å²) < 4.78 is 5.02. The van der Waals surface area contributed by atoms with Gasteiger partial charge in [0.25, 0.3) is 0 Å². The number of benzene rings is 1. The minimum atomic E-state index is -1.06. The van der Waals surface area contributed by atoms with E-state index in [4.69, 9.17) is 14.9 Å². The molecule has 0 heterocycles. The molecular weight excluding hydrogens is 238 g/mol. The smallest absolute Gasteiger partial charge is 0.341 e. The molecule has 0 bridgehead atoms. The predicted octanol–water partition coefficient (Wildman–Crippen LogP) is 0.365. The number of nitrogens with one attached hydrogen (secondary N) is 1. The number of likely N-dealkylation sites (N-methyl/N-ethyl adjacent to an activating group) is 1. The molecule has 0 radical (unpaired) electrons. The van der Waals surface area contributed by atoms with E-state index in [1.807, 2.05) is 0 Å². The fraction of sp³-hybridized carbons (Fsp3) is 0.333. The number of rotatable bonds is 7. The number of carboxylic acid groups (broad SMARTS) is 2. The van der Waals surface area contributed by atoms with Crippen molar-refractivity contribution in [2.24, 2.45) is 0 Å². The summed E-state index contributed by atoms with van der Waals surface area (Å²) in [5.41, 5.74) is 0.764. The van der Waals surface area contributed by atoms with Gasteiger partial charge >= 0.3 is 11.9 Å². The lowest BCUT2D eigenvalue weighted by molar-refractivity contribution is -0.140. The first-order chi connectivity index (χ1) is 8.52. The average Bonchev–Trinajstić information content (AvgIpc) is 2.33. The third-order valence-electron chi connectivity index (χ3n) is 2.35. The Morgan fingerprint density at radius 3 is 2.67 bits per heavy atom. The molecule has 1 aromatic rings. The molecule has 98 valence electrons. The van der Waals surface area contributed by atoms with Crippen molar-refractivity contribution < 1.29 is 24.5 Å². The largest absolute Gasteiger partial charge is 0.482 e. The molecule has 3 N–H and O–H groups in total. The van der Waals surface area contributed by atoms with Gasteiger partial charge in [0.15, 0.2) is 6.61 Å². The van der Waals surface area contributed by atoms with Crippen molar-refractivity contribution in [1.29, 1.82) is 0 Å². The van der Waals surface area contributed by atoms with E-state index < -0.39 is 24.6 Å². The van der Waals surface area contributed by atoms with Crippen LogP contribution in [0.3, 0.4) is 0 Å². The molecule has 1 aromatic carbocycles. The molecule has 0 amide bonds. The van der Waals surface area contributed by atoms with Gasteiger partial charge in [0.05, 0.1) is 0 Å². The third-order valence-corrected chi connectivity index (χ3v) is 2.35. The van der Waals surface area contributed by atoms with Crippen LogP contribution >= 0.6 is 0 Å². The number of hydrogen-bond donors (Lipinski definition) is 3. The van der Waals surface area contributed by atoms with Crippen LogP contribution in [-0.4, -0.2) is 41.8 Å². The van der Waals surface area contributed by atoms with Crippen LogP contribution in [0.15, 0.2) is 24.3 Å². The molecule has 6 nitrogen and oxygen atoms in total. The first kappa shape index (κ1) is 14.0. The van der Waals surface area contributed by atoms with E-state index in [9.17, 15) is 9.59 Å². The lowest BCUT2D eigenvalue weighted by Gasteiger charge is -2.12. The number of carbonyl (C=O) groups is 2. The van der Waals surface area contributed by atoms with Crippen molar-refractivity contribution in [3.63, 3.8) is 0 Å². The second-order valence-corrected chi connectivity index (χ2v) is 3.71. The zero-order chi connectivity index (χ0) is 13.5. The number of aliphatic carboxylic acids is 2. The molecule has 1 rings (SSSR count). The molecule has 0 aromatic heterocycles. The Kier molecular flexibility index (Phi) is 5.13. The molecule has 0 saturated heterocycles. The van der Waals surface area contributed by atoms with Gasteiger partial charge in [-0.2, -0.15) is 0 Å². The second-order valence-electron chi connectivity index (χ2n) is 3.71. The number of carboxylic acids is 2. The average molecular weight is 253 g/mol. The van der Waals surface area contributed by atoms with Crippen LogP contribution in [0, 0.1) is 0 Å². The van der Waals surface area contributed by atoms with E-state index in [1.54, 1.807) is 31.3 Å². The van der Waals surface area contributed by atoms with E-state index in [1.165, 1.54) is 0 Å². The molecule has 0 spiro atoms. The van der Waals surface area contributed by atoms with Gasteiger partial charge in [-0.05, 0) is 31.2 Å². The summed E-state index contributed by atoms with van der Waals surface area (Å²) >= 11 is 0. The van der Waals surface area contributed by atoms with E-state index in [-0.39, 0.29) is 0 Å². The van der Waals surface area contributed by atoms with Gasteiger partial charge in [0.2, 0.25) is 0 Å². The maximum Gasteiger partial charge on any atom is 0.341 e. The molecule has 0 unspecified atom stereocenters. The summed E-state index contributed by atoms with van der Waals surface area (Å²) in [6, 6.07) is 6.04. The minimum Gasteiger partial charge on any atom is -0.482 e. The number of hydrogen-bond acceptors (Lipinski definition) is 4. The Bertz CT molecular complexity index is 432. The monoisotopic (exact) mass is 253 g/mol. The molecule has 0 aliphatic carbocycles. The van der Waals surface area contributed by atoms with Crippen LogP contribution in [0.2, 0.25) is 0 Å². The molecular formula is C12H15NO5. The first-order valence-corrected chi connectivity index (χ1v) is 5.36. The van der Waals surface area contributed by atoms with Gasteiger partial charge in [-0.3, -0.25) is 4.79 Å². The summed E-state index contributed by atoms with van der Waals surface area (Å²) in [6.45, 7) is -0.419. The standard InChI is InChI=1S/C12H15NO5/c1-13-10(12(16)17)6-8-3-2-4-9(5-8)18-7-11(14)15/h2-5,10,13H,6-7H2,1H3,(H,14,15)(H,16,17)/t10-/m0/s1. The van der Waals surface area contributed by atoms with Gasteiger partial charge in [-0.25, -0.2) is 4.79 Å². The van der Waals surface area contributed by atoms with Gasteiger partial charge in [0.1, 0.15) is 11.8 Å². The molecule has 0 saturated carbocycles. The summed E-state index contributed by atoms with van der Waals surface area (Å²) in [5.74, 6) is -1.58. The highest BCUT2D eigenvalue weighted by Gasteiger charge is 2.15. The molecule has 0 aliphatic heterocycles. The van der Waals surface area contributed by atoms with Crippen LogP contribution in [0.5, 0.6) is 5.75 Å². The van der Waals surface area contributed by atoms with Crippen LogP contribution in [0.4, 0.5) is 0 Å². The Morgan fingerprint density at radius 2 is 2.11 bits per heavy atom. The molecule has 18 heavy (non-hydrogen) atoms. The quantitative estimate of drug-likeness (QED) is 0.649. The Morgan fingerprint density at radius 1 is 1.39 bits per heavy atom. The van der Waals surface area contributed by atoms with E-state index in [0.717, 1.165) is 5.56 Å². The van der Waals surface area contributed by atoms with E-state index in [2.05, 4.69) is 5.32 Å². The molecule has 0 aliphatic rings. The van der Waals surface area contributed by atoms with Crippen LogP contribution in [-0.2, 0) is 16.0 Å². The van der Waals surface area contributed by atoms with E-state index in [0.29, 0.717) is 12.2 Å². The van der Waals surface area contributed by atoms with Crippen LogP contribution in [0.25, 0.3) is 0 Å². The second kappa shape index (κ2) is 6.61. The summed E-state index contributed by atoms with van der Waals surface area (Å²) in [5, 5.41) is 20.1. The van der Waals surface area contributed by atoms with Crippen molar-refractivity contribution >= 4 is 11.9 Å². The SMILES string of the molecule is CN[C@@H](Cc1cccc(OCC(=O)O)c1)C(=O)O. The topological polar surface area (TPSA) is 95.9 Å². The lowest BCUT2D eigenvalue weighted by Crippen LogP contribution is -2.35. The van der Waals surface area contributed by atoms with Crippen LogP contribution in [0.1, 0.15) is 5.56 Å². The summed E-state index contributed by atoms with van der Waals surface area (Å²) in [4.78, 5) is 21.2.